The maximum Gasteiger partial charge on any atom is 0.335 e. The van der Waals surface area contributed by atoms with Gasteiger partial charge in [-0.15, -0.1) is 0 Å². The van der Waals surface area contributed by atoms with Crippen LogP contribution in [0, 0.1) is 5.82 Å². The van der Waals surface area contributed by atoms with Gasteiger partial charge in [0, 0.05) is 28.8 Å². The van der Waals surface area contributed by atoms with Crippen LogP contribution in [-0.2, 0) is 6.54 Å². The molecule has 0 aliphatic rings. The normalized spacial score (nSPS) is 10.4. The molecule has 0 aliphatic carbocycles. The monoisotopic (exact) mass is 385 g/mol. The summed E-state index contributed by atoms with van der Waals surface area (Å²) in [7, 11) is 1.64. The molecule has 2 aromatic carbocycles. The fourth-order valence-corrected chi connectivity index (χ4v) is 2.44. The van der Waals surface area contributed by atoms with Crippen molar-refractivity contribution >= 4 is 39.2 Å². The van der Waals surface area contributed by atoms with Gasteiger partial charge in [0.1, 0.15) is 5.82 Å². The first-order valence-corrected chi connectivity index (χ1v) is 7.60. The topological polar surface area (TPSA) is 44.4 Å². The SMILES string of the molecule is CN(C(=O)NNCc1cc(F)cc(Br)c1)c1ccc(Cl)cc1. The standard InChI is InChI=1S/C15H14BrClFN3O/c1-21(14-4-2-12(17)3-5-14)15(22)20-19-9-10-6-11(16)8-13(18)7-10/h2-8,19H,9H2,1H3,(H,20,22). The van der Waals surface area contributed by atoms with Gasteiger partial charge in [-0.3, -0.25) is 10.3 Å². The first kappa shape index (κ1) is 16.7. The first-order valence-electron chi connectivity index (χ1n) is 6.43. The molecule has 0 atom stereocenters. The van der Waals surface area contributed by atoms with E-state index >= 15 is 0 Å². The third-order valence-corrected chi connectivity index (χ3v) is 3.64. The van der Waals surface area contributed by atoms with E-state index in [0.29, 0.717) is 27.3 Å². The number of hydrogen-bond acceptors (Lipinski definition) is 2. The molecule has 116 valence electrons. The van der Waals surface area contributed by atoms with Crippen LogP contribution in [0.15, 0.2) is 46.9 Å². The van der Waals surface area contributed by atoms with E-state index in [1.165, 1.54) is 17.0 Å². The second kappa shape index (κ2) is 7.58. The van der Waals surface area contributed by atoms with Crippen LogP contribution >= 0.6 is 27.5 Å². The number of hydrazine groups is 1. The Morgan fingerprint density at radius 3 is 2.59 bits per heavy atom. The smallest absolute Gasteiger partial charge is 0.296 e. The predicted octanol–water partition coefficient (Wildman–Crippen LogP) is 4.09. The largest absolute Gasteiger partial charge is 0.335 e. The van der Waals surface area contributed by atoms with Crippen LogP contribution in [0.25, 0.3) is 0 Å². The molecule has 2 amide bonds. The molecule has 2 N–H and O–H groups in total. The molecule has 2 rings (SSSR count). The second-order valence-electron chi connectivity index (χ2n) is 4.60. The van der Waals surface area contributed by atoms with Crippen molar-refractivity contribution in [2.45, 2.75) is 6.54 Å². The quantitative estimate of drug-likeness (QED) is 0.777. The van der Waals surface area contributed by atoms with Gasteiger partial charge in [0.15, 0.2) is 0 Å². The molecule has 0 saturated heterocycles. The Morgan fingerprint density at radius 2 is 1.95 bits per heavy atom. The Labute approximate surface area is 141 Å². The van der Waals surface area contributed by atoms with Gasteiger partial charge in [-0.1, -0.05) is 27.5 Å². The van der Waals surface area contributed by atoms with E-state index in [1.54, 1.807) is 37.4 Å². The van der Waals surface area contributed by atoms with E-state index in [4.69, 9.17) is 11.6 Å². The summed E-state index contributed by atoms with van der Waals surface area (Å²) in [5, 5.41) is 0.604. The summed E-state index contributed by atoms with van der Waals surface area (Å²) in [5.41, 5.74) is 6.73. The van der Waals surface area contributed by atoms with E-state index in [0.717, 1.165) is 0 Å². The summed E-state index contributed by atoms with van der Waals surface area (Å²) in [6, 6.07) is 11.1. The van der Waals surface area contributed by atoms with Crippen LogP contribution in [0.4, 0.5) is 14.9 Å². The van der Waals surface area contributed by atoms with Gasteiger partial charge < -0.3 is 0 Å². The summed E-state index contributed by atoms with van der Waals surface area (Å²) < 4.78 is 13.9. The summed E-state index contributed by atoms with van der Waals surface area (Å²) in [6.07, 6.45) is 0. The minimum absolute atomic E-state index is 0.302. The van der Waals surface area contributed by atoms with Crippen molar-refractivity contribution < 1.29 is 9.18 Å². The average Bonchev–Trinajstić information content (AvgIpc) is 2.46. The van der Waals surface area contributed by atoms with Gasteiger partial charge >= 0.3 is 6.03 Å². The molecule has 0 bridgehead atoms. The van der Waals surface area contributed by atoms with E-state index in [-0.39, 0.29) is 11.8 Å². The third kappa shape index (κ3) is 4.69. The van der Waals surface area contributed by atoms with Crippen LogP contribution in [0.5, 0.6) is 0 Å². The minimum Gasteiger partial charge on any atom is -0.296 e. The fourth-order valence-electron chi connectivity index (χ4n) is 1.80. The number of carbonyl (C=O) groups is 1. The molecule has 2 aromatic rings. The molecule has 7 heteroatoms. The van der Waals surface area contributed by atoms with Crippen LogP contribution < -0.4 is 15.8 Å². The lowest BCUT2D eigenvalue weighted by Gasteiger charge is -2.18. The molecule has 0 fully saturated rings. The van der Waals surface area contributed by atoms with E-state index < -0.39 is 0 Å². The van der Waals surface area contributed by atoms with Crippen molar-refractivity contribution in [1.29, 1.82) is 0 Å². The number of hydrogen-bond donors (Lipinski definition) is 2. The van der Waals surface area contributed by atoms with Crippen LogP contribution in [0.3, 0.4) is 0 Å². The van der Waals surface area contributed by atoms with Crippen molar-refractivity contribution in [2.24, 2.45) is 0 Å². The lowest BCUT2D eigenvalue weighted by atomic mass is 10.2. The zero-order chi connectivity index (χ0) is 16.1. The highest BCUT2D eigenvalue weighted by molar-refractivity contribution is 9.10. The van der Waals surface area contributed by atoms with E-state index in [2.05, 4.69) is 26.8 Å². The predicted molar refractivity (Wildman–Crippen MR) is 89.3 cm³/mol. The number of halogens is 3. The van der Waals surface area contributed by atoms with Crippen molar-refractivity contribution in [2.75, 3.05) is 11.9 Å². The Hall–Kier alpha value is -1.63. The maximum atomic E-state index is 13.2. The highest BCUT2D eigenvalue weighted by atomic mass is 79.9. The Kier molecular flexibility index (Phi) is 5.76. The summed E-state index contributed by atoms with van der Waals surface area (Å²) in [4.78, 5) is 13.4. The van der Waals surface area contributed by atoms with Crippen LogP contribution in [-0.4, -0.2) is 13.1 Å². The highest BCUT2D eigenvalue weighted by Crippen LogP contribution is 2.17. The second-order valence-corrected chi connectivity index (χ2v) is 5.95. The average molecular weight is 387 g/mol. The van der Waals surface area contributed by atoms with Gasteiger partial charge in [-0.25, -0.2) is 14.6 Å². The molecule has 0 heterocycles. The molecular formula is C15H14BrClFN3O. The number of nitrogens with zero attached hydrogens (tertiary/aromatic N) is 1. The minimum atomic E-state index is -0.337. The molecule has 4 nitrogen and oxygen atoms in total. The molecule has 0 aliphatic heterocycles. The van der Waals surface area contributed by atoms with E-state index in [9.17, 15) is 9.18 Å². The molecule has 0 radical (unpaired) electrons. The van der Waals surface area contributed by atoms with Crippen molar-refractivity contribution in [3.05, 3.63) is 63.3 Å². The molecule has 0 aromatic heterocycles. The zero-order valence-electron chi connectivity index (χ0n) is 11.7. The van der Waals surface area contributed by atoms with Crippen molar-refractivity contribution in [1.82, 2.24) is 10.9 Å². The van der Waals surface area contributed by atoms with Crippen molar-refractivity contribution in [3.63, 3.8) is 0 Å². The highest BCUT2D eigenvalue weighted by Gasteiger charge is 2.10. The number of benzene rings is 2. The van der Waals surface area contributed by atoms with Crippen LogP contribution in [0.1, 0.15) is 5.56 Å². The van der Waals surface area contributed by atoms with Gasteiger partial charge in [0.2, 0.25) is 0 Å². The maximum absolute atomic E-state index is 13.2. The van der Waals surface area contributed by atoms with Gasteiger partial charge in [0.25, 0.3) is 0 Å². The number of anilines is 1. The number of urea groups is 1. The Balaban J connectivity index is 1.88. The van der Waals surface area contributed by atoms with Gasteiger partial charge in [0.05, 0.1) is 0 Å². The molecule has 0 unspecified atom stereocenters. The number of carbonyl (C=O) groups excluding carboxylic acids is 1. The summed E-state index contributed by atoms with van der Waals surface area (Å²) >= 11 is 9.03. The fraction of sp³-hybridized carbons (Fsp3) is 0.133. The number of nitrogens with one attached hydrogen (secondary N) is 2. The molecule has 0 saturated carbocycles. The van der Waals surface area contributed by atoms with Gasteiger partial charge in [-0.2, -0.15) is 0 Å². The van der Waals surface area contributed by atoms with Crippen molar-refractivity contribution in [3.8, 4) is 0 Å². The Morgan fingerprint density at radius 1 is 1.27 bits per heavy atom. The summed E-state index contributed by atoms with van der Waals surface area (Å²) in [6.45, 7) is 0.302. The van der Waals surface area contributed by atoms with E-state index in [1.807, 2.05) is 0 Å². The lowest BCUT2D eigenvalue weighted by molar-refractivity contribution is 0.243. The number of amides is 2. The molecule has 0 spiro atoms. The lowest BCUT2D eigenvalue weighted by Crippen LogP contribution is -2.44. The number of rotatable bonds is 4. The zero-order valence-corrected chi connectivity index (χ0v) is 14.1. The van der Waals surface area contributed by atoms with Crippen LogP contribution in [0.2, 0.25) is 5.02 Å². The molecule has 22 heavy (non-hydrogen) atoms. The van der Waals surface area contributed by atoms with Gasteiger partial charge in [-0.05, 0) is 48.0 Å². The Bertz CT molecular complexity index is 646. The molecular weight excluding hydrogens is 373 g/mol. The third-order valence-electron chi connectivity index (χ3n) is 2.93. The summed E-state index contributed by atoms with van der Waals surface area (Å²) in [5.74, 6) is -0.337. The first-order chi connectivity index (χ1) is 10.5.